The van der Waals surface area contributed by atoms with E-state index in [1.54, 1.807) is 0 Å². The Hall–Kier alpha value is -0.530. The monoisotopic (exact) mass is 424 g/mol. The average molecular weight is 424 g/mol. The lowest BCUT2D eigenvalue weighted by Gasteiger charge is -2.22. The molecule has 1 aliphatic carbocycles. The molecular weight excluding hydrogens is 391 g/mol. The highest BCUT2D eigenvalue weighted by Crippen LogP contribution is 2.17. The highest BCUT2D eigenvalue weighted by molar-refractivity contribution is 14.0. The van der Waals surface area contributed by atoms with Gasteiger partial charge in [0.1, 0.15) is 0 Å². The van der Waals surface area contributed by atoms with E-state index >= 15 is 0 Å². The topological polar surface area (TPSA) is 79.5 Å². The van der Waals surface area contributed by atoms with Crippen molar-refractivity contribution in [3.05, 3.63) is 0 Å². The van der Waals surface area contributed by atoms with Gasteiger partial charge < -0.3 is 16.4 Å². The van der Waals surface area contributed by atoms with Gasteiger partial charge in [0.2, 0.25) is 5.91 Å². The summed E-state index contributed by atoms with van der Waals surface area (Å²) in [6.07, 6.45) is 11.3. The number of guanidine groups is 1. The van der Waals surface area contributed by atoms with Crippen LogP contribution in [0.4, 0.5) is 0 Å². The molecule has 130 valence electrons. The first kappa shape index (κ1) is 21.5. The molecule has 4 N–H and O–H groups in total. The molecule has 1 amide bonds. The van der Waals surface area contributed by atoms with Gasteiger partial charge in [-0.3, -0.25) is 9.79 Å². The summed E-state index contributed by atoms with van der Waals surface area (Å²) >= 11 is 0. The number of halogens is 1. The Balaban J connectivity index is 0.00000441. The van der Waals surface area contributed by atoms with Gasteiger partial charge in [-0.1, -0.05) is 45.4 Å². The van der Waals surface area contributed by atoms with Crippen LogP contribution in [0.5, 0.6) is 0 Å². The molecule has 1 aliphatic rings. The summed E-state index contributed by atoms with van der Waals surface area (Å²) in [6, 6.07) is 0.385. The van der Waals surface area contributed by atoms with Gasteiger partial charge in [-0.25, -0.2) is 0 Å². The van der Waals surface area contributed by atoms with Gasteiger partial charge in [-0.05, 0) is 19.3 Å². The molecule has 0 bridgehead atoms. The summed E-state index contributed by atoms with van der Waals surface area (Å²) in [7, 11) is 0. The van der Waals surface area contributed by atoms with Crippen molar-refractivity contribution in [1.82, 2.24) is 10.6 Å². The van der Waals surface area contributed by atoms with Crippen LogP contribution in [0.1, 0.15) is 71.1 Å². The quantitative estimate of drug-likeness (QED) is 0.231. The van der Waals surface area contributed by atoms with Crippen LogP contribution in [0.2, 0.25) is 0 Å². The number of rotatable bonds is 9. The number of unbranched alkanes of at least 4 members (excludes halogenated alkanes) is 3. The fraction of sp³-hybridized carbons (Fsp3) is 0.875. The second kappa shape index (κ2) is 14.1. The third-order valence-corrected chi connectivity index (χ3v) is 3.92. The molecule has 0 unspecified atom stereocenters. The number of aliphatic imine (C=N–C) groups is 1. The lowest BCUT2D eigenvalue weighted by molar-refractivity contribution is -0.121. The van der Waals surface area contributed by atoms with Gasteiger partial charge in [0.25, 0.3) is 0 Å². The largest absolute Gasteiger partial charge is 0.370 e. The Kier molecular flexibility index (Phi) is 13.7. The van der Waals surface area contributed by atoms with Crippen molar-refractivity contribution in [2.24, 2.45) is 10.7 Å². The van der Waals surface area contributed by atoms with E-state index in [0.717, 1.165) is 25.8 Å². The second-order valence-corrected chi connectivity index (χ2v) is 5.91. The molecule has 6 heteroatoms. The van der Waals surface area contributed by atoms with Crippen LogP contribution in [0.3, 0.4) is 0 Å². The molecule has 0 aliphatic heterocycles. The number of carbonyl (C=O) groups is 1. The molecule has 1 fully saturated rings. The molecule has 0 spiro atoms. The number of carbonyl (C=O) groups excluding carboxylic acids is 1. The fourth-order valence-electron chi connectivity index (χ4n) is 2.64. The van der Waals surface area contributed by atoms with Crippen LogP contribution in [-0.4, -0.2) is 31.0 Å². The number of hydrogen-bond acceptors (Lipinski definition) is 2. The number of hydrogen-bond donors (Lipinski definition) is 3. The van der Waals surface area contributed by atoms with E-state index in [9.17, 15) is 4.79 Å². The number of amides is 1. The summed E-state index contributed by atoms with van der Waals surface area (Å²) in [5.74, 6) is 0.571. The van der Waals surface area contributed by atoms with Gasteiger partial charge in [0.05, 0.1) is 0 Å². The van der Waals surface area contributed by atoms with Crippen LogP contribution < -0.4 is 16.4 Å². The summed E-state index contributed by atoms with van der Waals surface area (Å²) in [5, 5.41) is 6.11. The first-order chi connectivity index (χ1) is 10.2. The van der Waals surface area contributed by atoms with Gasteiger partial charge >= 0.3 is 0 Å². The molecule has 1 rings (SSSR count). The lowest BCUT2D eigenvalue weighted by Crippen LogP contribution is -2.39. The van der Waals surface area contributed by atoms with E-state index in [1.807, 2.05) is 0 Å². The van der Waals surface area contributed by atoms with E-state index in [-0.39, 0.29) is 29.9 Å². The summed E-state index contributed by atoms with van der Waals surface area (Å²) in [5.41, 5.74) is 5.77. The van der Waals surface area contributed by atoms with Crippen LogP contribution in [-0.2, 0) is 4.79 Å². The minimum Gasteiger partial charge on any atom is -0.370 e. The SMILES string of the molecule is CCCCCCN=C(N)NCCC(=O)NC1CCCCC1.I. The van der Waals surface area contributed by atoms with Gasteiger partial charge in [0.15, 0.2) is 5.96 Å². The predicted octanol–water partition coefficient (Wildman–Crippen LogP) is 2.93. The zero-order chi connectivity index (χ0) is 15.3. The van der Waals surface area contributed by atoms with Crippen molar-refractivity contribution in [3.63, 3.8) is 0 Å². The minimum atomic E-state index is 0. The fourth-order valence-corrected chi connectivity index (χ4v) is 2.64. The Labute approximate surface area is 152 Å². The molecule has 1 saturated carbocycles. The van der Waals surface area contributed by atoms with Crippen LogP contribution in [0.25, 0.3) is 0 Å². The average Bonchev–Trinajstić information content (AvgIpc) is 2.48. The zero-order valence-corrected chi connectivity index (χ0v) is 16.2. The molecule has 0 heterocycles. The maximum absolute atomic E-state index is 11.8. The first-order valence-electron chi connectivity index (χ1n) is 8.55. The molecule has 0 aromatic rings. The van der Waals surface area contributed by atoms with E-state index in [1.165, 1.54) is 38.5 Å². The van der Waals surface area contributed by atoms with Crippen LogP contribution >= 0.6 is 24.0 Å². The second-order valence-electron chi connectivity index (χ2n) is 5.91. The van der Waals surface area contributed by atoms with Crippen molar-refractivity contribution in [3.8, 4) is 0 Å². The van der Waals surface area contributed by atoms with Crippen molar-refractivity contribution in [2.45, 2.75) is 77.2 Å². The molecule has 0 atom stereocenters. The standard InChI is InChI=1S/C16H32N4O.HI/c1-2-3-4-8-12-18-16(17)19-13-11-15(21)20-14-9-6-5-7-10-14;/h14H,2-13H2,1H3,(H,20,21)(H3,17,18,19);1H. The van der Waals surface area contributed by atoms with E-state index in [0.29, 0.717) is 25.0 Å². The molecule has 0 radical (unpaired) electrons. The summed E-state index contributed by atoms with van der Waals surface area (Å²) in [4.78, 5) is 16.1. The van der Waals surface area contributed by atoms with Gasteiger partial charge in [-0.2, -0.15) is 0 Å². The first-order valence-corrected chi connectivity index (χ1v) is 8.55. The maximum Gasteiger partial charge on any atom is 0.221 e. The zero-order valence-electron chi connectivity index (χ0n) is 13.9. The predicted molar refractivity (Wildman–Crippen MR) is 104 cm³/mol. The summed E-state index contributed by atoms with van der Waals surface area (Å²) < 4.78 is 0. The van der Waals surface area contributed by atoms with E-state index in [2.05, 4.69) is 22.5 Å². The van der Waals surface area contributed by atoms with Crippen molar-refractivity contribution >= 4 is 35.8 Å². The number of nitrogens with zero attached hydrogens (tertiary/aromatic N) is 1. The van der Waals surface area contributed by atoms with Gasteiger partial charge in [0, 0.05) is 25.6 Å². The van der Waals surface area contributed by atoms with Crippen LogP contribution in [0.15, 0.2) is 4.99 Å². The van der Waals surface area contributed by atoms with Crippen molar-refractivity contribution in [2.75, 3.05) is 13.1 Å². The molecular formula is C16H33IN4O. The van der Waals surface area contributed by atoms with Crippen LogP contribution in [0, 0.1) is 0 Å². The summed E-state index contributed by atoms with van der Waals surface area (Å²) in [6.45, 7) is 3.52. The highest BCUT2D eigenvalue weighted by Gasteiger charge is 2.15. The minimum absolute atomic E-state index is 0. The van der Waals surface area contributed by atoms with Crippen molar-refractivity contribution in [1.29, 1.82) is 0 Å². The van der Waals surface area contributed by atoms with E-state index in [4.69, 9.17) is 5.73 Å². The lowest BCUT2D eigenvalue weighted by atomic mass is 9.95. The number of nitrogens with one attached hydrogen (secondary N) is 2. The van der Waals surface area contributed by atoms with Crippen molar-refractivity contribution < 1.29 is 4.79 Å². The molecule has 0 saturated heterocycles. The normalized spacial score (nSPS) is 16.0. The smallest absolute Gasteiger partial charge is 0.221 e. The Morgan fingerprint density at radius 1 is 1.18 bits per heavy atom. The molecule has 22 heavy (non-hydrogen) atoms. The highest BCUT2D eigenvalue weighted by atomic mass is 127. The maximum atomic E-state index is 11.8. The van der Waals surface area contributed by atoms with Gasteiger partial charge in [-0.15, -0.1) is 24.0 Å². The molecule has 0 aromatic heterocycles. The Morgan fingerprint density at radius 3 is 2.59 bits per heavy atom. The third-order valence-electron chi connectivity index (χ3n) is 3.92. The third kappa shape index (κ3) is 11.1. The number of nitrogens with two attached hydrogens (primary N) is 1. The Morgan fingerprint density at radius 2 is 1.91 bits per heavy atom. The molecule has 0 aromatic carbocycles. The van der Waals surface area contributed by atoms with E-state index < -0.39 is 0 Å². The Bertz CT molecular complexity index is 317. The molecule has 5 nitrogen and oxygen atoms in total.